The molecule has 2 N–H and O–H groups in total. The molecule has 89 valence electrons. The van der Waals surface area contributed by atoms with Gasteiger partial charge in [0.15, 0.2) is 0 Å². The minimum Gasteiger partial charge on any atom is -0.759 e. The zero-order valence-electron chi connectivity index (χ0n) is 7.74. The van der Waals surface area contributed by atoms with Crippen LogP contribution < -0.4 is 10.8 Å². The summed E-state index contributed by atoms with van der Waals surface area (Å²) in [6.07, 6.45) is 2.39. The maximum absolute atomic E-state index is 9.96. The average Bonchev–Trinajstić information content (AvgIpc) is 1.96. The number of thioether (sulfide) groups is 1. The molecule has 0 fully saturated rings. The van der Waals surface area contributed by atoms with E-state index in [1.165, 1.54) is 0 Å². The van der Waals surface area contributed by atoms with Crippen LogP contribution in [0.1, 0.15) is 6.42 Å². The number of carbonyl (C=O) groups is 1. The molecule has 0 heterocycles. The van der Waals surface area contributed by atoms with Crippen LogP contribution in [-0.2, 0) is 32.6 Å². The van der Waals surface area contributed by atoms with Gasteiger partial charge in [-0.2, -0.15) is 11.8 Å². The number of carbonyl (C=O) groups excluding carboxylic acids is 1. The Morgan fingerprint density at radius 1 is 1.47 bits per heavy atom. The minimum absolute atomic E-state index is 0. The van der Waals surface area contributed by atoms with Gasteiger partial charge in [-0.1, -0.05) is 0 Å². The standard InChI is InChI=1S/C5H11NO2S.Cr.H2O4S/c1-9-3-2-4(6)5(7)8;;1-5(2,3)4/h4H,2-3,6H2,1H3,(H,7,8);;(H2,1,2,3,4)/q;+3;/p-3/t4-;;/m0../s1. The molecule has 0 aliphatic carbocycles. The van der Waals surface area contributed by atoms with Crippen molar-refractivity contribution in [1.29, 1.82) is 0 Å². The first-order valence-corrected chi connectivity index (χ1v) is 6.03. The van der Waals surface area contributed by atoms with Crippen LogP contribution in [0.4, 0.5) is 0 Å². The SMILES string of the molecule is CSCC[C@H](N)C(=O)[O-].O=S(=O)([O-])[O-].[Cr+3]. The molecule has 0 aromatic rings. The van der Waals surface area contributed by atoms with Crippen molar-refractivity contribution >= 4 is 28.1 Å². The van der Waals surface area contributed by atoms with E-state index in [1.807, 2.05) is 6.26 Å². The summed E-state index contributed by atoms with van der Waals surface area (Å²) in [4.78, 5) is 9.96. The molecule has 7 nitrogen and oxygen atoms in total. The van der Waals surface area contributed by atoms with E-state index in [2.05, 4.69) is 0 Å². The number of carboxylic acid groups (broad SMARTS) is 1. The predicted octanol–water partition coefficient (Wildman–Crippen LogP) is -2.52. The predicted molar refractivity (Wildman–Crippen MR) is 46.5 cm³/mol. The van der Waals surface area contributed by atoms with Gasteiger partial charge in [0.1, 0.15) is 0 Å². The average molecular weight is 296 g/mol. The van der Waals surface area contributed by atoms with Gasteiger partial charge in [-0.15, -0.1) is 0 Å². The number of nitrogens with two attached hydrogens (primary N) is 1. The Labute approximate surface area is 103 Å². The first-order chi connectivity index (χ1) is 6.18. The maximum atomic E-state index is 9.96. The van der Waals surface area contributed by atoms with Gasteiger partial charge >= 0.3 is 17.4 Å². The van der Waals surface area contributed by atoms with Gasteiger partial charge in [0.05, 0.1) is 5.97 Å². The number of hydrogen-bond acceptors (Lipinski definition) is 8. The fourth-order valence-electron chi connectivity index (χ4n) is 0.363. The molecule has 1 atom stereocenters. The van der Waals surface area contributed by atoms with Crippen molar-refractivity contribution < 1.29 is 44.8 Å². The summed E-state index contributed by atoms with van der Waals surface area (Å²) in [7, 11) is -5.17. The molecule has 15 heavy (non-hydrogen) atoms. The van der Waals surface area contributed by atoms with Crippen LogP contribution in [0.3, 0.4) is 0 Å². The smallest absolute Gasteiger partial charge is 0.759 e. The van der Waals surface area contributed by atoms with E-state index >= 15 is 0 Å². The largest absolute Gasteiger partial charge is 3.00 e. The van der Waals surface area contributed by atoms with E-state index in [4.69, 9.17) is 23.3 Å². The van der Waals surface area contributed by atoms with Crippen molar-refractivity contribution in [3.05, 3.63) is 0 Å². The van der Waals surface area contributed by atoms with Crippen LogP contribution in [0.2, 0.25) is 0 Å². The Morgan fingerprint density at radius 3 is 2.00 bits per heavy atom. The van der Waals surface area contributed by atoms with E-state index in [9.17, 15) is 9.90 Å². The molecule has 0 aromatic carbocycles. The zero-order chi connectivity index (χ0) is 11.8. The number of rotatable bonds is 4. The first kappa shape index (κ1) is 20.6. The van der Waals surface area contributed by atoms with Crippen LogP contribution >= 0.6 is 11.8 Å². The van der Waals surface area contributed by atoms with Crippen molar-refractivity contribution in [2.75, 3.05) is 12.0 Å². The second-order valence-electron chi connectivity index (χ2n) is 2.12. The molecular weight excluding hydrogens is 286 g/mol. The van der Waals surface area contributed by atoms with Crippen LogP contribution in [0.5, 0.6) is 0 Å². The van der Waals surface area contributed by atoms with Gasteiger partial charge in [-0.3, -0.25) is 8.42 Å². The monoisotopic (exact) mass is 296 g/mol. The first-order valence-electron chi connectivity index (χ1n) is 3.30. The molecule has 0 saturated heterocycles. The molecule has 0 bridgehead atoms. The van der Waals surface area contributed by atoms with E-state index in [1.54, 1.807) is 11.8 Å². The number of aliphatic carboxylic acids is 1. The normalized spacial score (nSPS) is 11.7. The molecule has 0 aliphatic heterocycles. The molecule has 10 heteroatoms. The van der Waals surface area contributed by atoms with Crippen LogP contribution in [0.25, 0.3) is 0 Å². The molecule has 0 aromatic heterocycles. The summed E-state index contributed by atoms with van der Waals surface area (Å²) >= 11 is 1.58. The molecule has 0 spiro atoms. The summed E-state index contributed by atoms with van der Waals surface area (Å²) in [6.45, 7) is 0. The van der Waals surface area contributed by atoms with Gasteiger partial charge < -0.3 is 24.7 Å². The maximum Gasteiger partial charge on any atom is 3.00 e. The van der Waals surface area contributed by atoms with Gasteiger partial charge in [0, 0.05) is 16.4 Å². The van der Waals surface area contributed by atoms with Crippen LogP contribution in [0, 0.1) is 0 Å². The fraction of sp³-hybridized carbons (Fsp3) is 0.800. The van der Waals surface area contributed by atoms with Gasteiger partial charge in [0.25, 0.3) is 0 Å². The Bertz CT molecular complexity index is 248. The number of carboxylic acids is 1. The second kappa shape index (κ2) is 10.7. The summed E-state index contributed by atoms with van der Waals surface area (Å²) in [5.41, 5.74) is 5.13. The van der Waals surface area contributed by atoms with Gasteiger partial charge in [-0.25, -0.2) is 0 Å². The number of hydrogen-bond donors (Lipinski definition) is 1. The van der Waals surface area contributed by atoms with Crippen molar-refractivity contribution in [3.8, 4) is 0 Å². The third kappa shape index (κ3) is 31.4. The third-order valence-corrected chi connectivity index (χ3v) is 1.58. The Balaban J connectivity index is -0.000000208. The molecule has 1 radical (unpaired) electrons. The third-order valence-electron chi connectivity index (χ3n) is 0.936. The molecular formula is C5H10CrNO6S2. The van der Waals surface area contributed by atoms with Crippen molar-refractivity contribution in [1.82, 2.24) is 0 Å². The quantitative estimate of drug-likeness (QED) is 0.441. The fourth-order valence-corrected chi connectivity index (χ4v) is 0.852. The van der Waals surface area contributed by atoms with Crippen molar-refractivity contribution in [3.63, 3.8) is 0 Å². The molecule has 0 amide bonds. The van der Waals surface area contributed by atoms with Crippen molar-refractivity contribution in [2.24, 2.45) is 5.73 Å². The zero-order valence-corrected chi connectivity index (χ0v) is 10.7. The van der Waals surface area contributed by atoms with Gasteiger partial charge in [0.2, 0.25) is 0 Å². The van der Waals surface area contributed by atoms with E-state index in [0.717, 1.165) is 5.75 Å². The van der Waals surface area contributed by atoms with Crippen LogP contribution in [0.15, 0.2) is 0 Å². The van der Waals surface area contributed by atoms with Crippen LogP contribution in [-0.4, -0.2) is 41.5 Å². The summed E-state index contributed by atoms with van der Waals surface area (Å²) in [5, 5.41) is 9.96. The summed E-state index contributed by atoms with van der Waals surface area (Å²) < 4.78 is 34.1. The van der Waals surface area contributed by atoms with Crippen molar-refractivity contribution in [2.45, 2.75) is 12.5 Å². The molecule has 0 saturated carbocycles. The second-order valence-corrected chi connectivity index (χ2v) is 3.92. The summed E-state index contributed by atoms with van der Waals surface area (Å²) in [6, 6.07) is -0.794. The van der Waals surface area contributed by atoms with E-state index in [0.29, 0.717) is 6.42 Å². The van der Waals surface area contributed by atoms with Gasteiger partial charge in [-0.05, 0) is 18.4 Å². The molecule has 0 aliphatic rings. The summed E-state index contributed by atoms with van der Waals surface area (Å²) in [5.74, 6) is -0.390. The molecule has 0 rings (SSSR count). The van der Waals surface area contributed by atoms with E-state index in [-0.39, 0.29) is 17.4 Å². The topological polar surface area (TPSA) is 146 Å². The van der Waals surface area contributed by atoms with E-state index < -0.39 is 22.4 Å². The Kier molecular flexibility index (Phi) is 14.7. The molecule has 0 unspecified atom stereocenters. The minimum atomic E-state index is -5.17. The Hall–Kier alpha value is 0.182. The Morgan fingerprint density at radius 2 is 1.80 bits per heavy atom.